The lowest BCUT2D eigenvalue weighted by Gasteiger charge is -2.01. The molecule has 0 aliphatic heterocycles. The van der Waals surface area contributed by atoms with Crippen LogP contribution in [-0.2, 0) is 0 Å². The molecule has 0 saturated heterocycles. The first kappa shape index (κ1) is 11.3. The molecule has 0 aliphatic rings. The fourth-order valence-electron chi connectivity index (χ4n) is 1.25. The van der Waals surface area contributed by atoms with E-state index in [2.05, 4.69) is 10.5 Å². The zero-order chi connectivity index (χ0) is 12.4. The van der Waals surface area contributed by atoms with Crippen LogP contribution in [0.25, 0.3) is 0 Å². The Morgan fingerprint density at radius 2 is 2.06 bits per heavy atom. The largest absolute Gasteiger partial charge is 0.360 e. The summed E-state index contributed by atoms with van der Waals surface area (Å²) in [6, 6.07) is 4.40. The maximum absolute atomic E-state index is 12.9. The average molecular weight is 238 g/mol. The predicted molar refractivity (Wildman–Crippen MR) is 55.6 cm³/mol. The first-order chi connectivity index (χ1) is 8.06. The molecule has 0 fully saturated rings. The lowest BCUT2D eigenvalue weighted by atomic mass is 10.2. The Hall–Kier alpha value is -2.24. The van der Waals surface area contributed by atoms with Crippen molar-refractivity contribution in [3.8, 4) is 0 Å². The van der Waals surface area contributed by atoms with Gasteiger partial charge in [-0.2, -0.15) is 0 Å². The van der Waals surface area contributed by atoms with Crippen LogP contribution >= 0.6 is 0 Å². The highest BCUT2D eigenvalue weighted by atomic mass is 19.2. The summed E-state index contributed by atoms with van der Waals surface area (Å²) in [5, 5.41) is 5.94. The van der Waals surface area contributed by atoms with Crippen LogP contribution in [0.3, 0.4) is 0 Å². The Morgan fingerprint density at radius 3 is 2.65 bits per heavy atom. The molecule has 6 heteroatoms. The van der Waals surface area contributed by atoms with E-state index in [1.54, 1.807) is 6.92 Å². The molecule has 2 rings (SSSR count). The highest BCUT2D eigenvalue weighted by Crippen LogP contribution is 2.12. The summed E-state index contributed by atoms with van der Waals surface area (Å²) in [6.45, 7) is 1.67. The zero-order valence-electron chi connectivity index (χ0n) is 8.83. The lowest BCUT2D eigenvalue weighted by molar-refractivity contribution is 0.102. The van der Waals surface area contributed by atoms with E-state index in [0.717, 1.165) is 12.1 Å². The number of anilines is 1. The summed E-state index contributed by atoms with van der Waals surface area (Å²) in [4.78, 5) is 11.6. The molecule has 88 valence electrons. The Morgan fingerprint density at radius 1 is 1.29 bits per heavy atom. The van der Waals surface area contributed by atoms with Crippen LogP contribution in [0, 0.1) is 18.6 Å². The molecule has 0 saturated carbocycles. The van der Waals surface area contributed by atoms with Gasteiger partial charge in [-0.05, 0) is 25.1 Å². The molecule has 0 bridgehead atoms. The molecule has 1 aromatic heterocycles. The number of aromatic nitrogens is 1. The minimum Gasteiger partial charge on any atom is -0.360 e. The van der Waals surface area contributed by atoms with Crippen molar-refractivity contribution in [1.82, 2.24) is 5.16 Å². The van der Waals surface area contributed by atoms with E-state index in [1.807, 2.05) is 0 Å². The van der Waals surface area contributed by atoms with Gasteiger partial charge in [0.25, 0.3) is 5.91 Å². The van der Waals surface area contributed by atoms with Crippen LogP contribution in [0.1, 0.15) is 16.1 Å². The molecule has 1 heterocycles. The highest BCUT2D eigenvalue weighted by molar-refractivity contribution is 6.03. The van der Waals surface area contributed by atoms with Gasteiger partial charge in [-0.1, -0.05) is 5.16 Å². The van der Waals surface area contributed by atoms with Crippen molar-refractivity contribution >= 4 is 11.7 Å². The van der Waals surface area contributed by atoms with Gasteiger partial charge in [-0.3, -0.25) is 4.79 Å². The average Bonchev–Trinajstić information content (AvgIpc) is 2.68. The number of amides is 1. The summed E-state index contributed by atoms with van der Waals surface area (Å²) in [5.41, 5.74) is 0.00422. The number of nitrogens with one attached hydrogen (secondary N) is 1. The van der Waals surface area contributed by atoms with Gasteiger partial charge in [0.2, 0.25) is 0 Å². The number of rotatable bonds is 2. The maximum atomic E-state index is 12.9. The van der Waals surface area contributed by atoms with Gasteiger partial charge in [-0.25, -0.2) is 8.78 Å². The van der Waals surface area contributed by atoms with Crippen molar-refractivity contribution in [3.05, 3.63) is 47.2 Å². The fourth-order valence-corrected chi connectivity index (χ4v) is 1.25. The molecule has 17 heavy (non-hydrogen) atoms. The van der Waals surface area contributed by atoms with E-state index >= 15 is 0 Å². The molecular formula is C11H8F2N2O2. The van der Waals surface area contributed by atoms with Crippen molar-refractivity contribution in [2.45, 2.75) is 6.92 Å². The fraction of sp³-hybridized carbons (Fsp3) is 0.0909. The number of hydrogen-bond donors (Lipinski definition) is 1. The number of nitrogens with zero attached hydrogens (tertiary/aromatic N) is 1. The predicted octanol–water partition coefficient (Wildman–Crippen LogP) is 2.51. The molecule has 2 aromatic rings. The topological polar surface area (TPSA) is 55.1 Å². The summed E-state index contributed by atoms with van der Waals surface area (Å²) in [5.74, 6) is -1.91. The van der Waals surface area contributed by atoms with Gasteiger partial charge >= 0.3 is 0 Å². The minimum atomic E-state index is -1.08. The van der Waals surface area contributed by atoms with Crippen molar-refractivity contribution in [1.29, 1.82) is 0 Å². The van der Waals surface area contributed by atoms with Crippen molar-refractivity contribution < 1.29 is 18.1 Å². The summed E-state index contributed by atoms with van der Waals surface area (Å²) in [7, 11) is 0. The molecule has 1 N–H and O–H groups in total. The normalized spacial score (nSPS) is 10.3. The quantitative estimate of drug-likeness (QED) is 0.874. The molecule has 0 radical (unpaired) electrons. The Bertz CT molecular complexity index is 566. The lowest BCUT2D eigenvalue weighted by Crippen LogP contribution is -2.12. The number of halogens is 2. The molecule has 0 atom stereocenters. The highest BCUT2D eigenvalue weighted by Gasteiger charge is 2.11. The van der Waals surface area contributed by atoms with Gasteiger partial charge in [0.1, 0.15) is 5.76 Å². The molecular weight excluding hydrogens is 230 g/mol. The van der Waals surface area contributed by atoms with Gasteiger partial charge in [-0.15, -0.1) is 0 Å². The third-order valence-corrected chi connectivity index (χ3v) is 2.05. The first-order valence-corrected chi connectivity index (χ1v) is 4.76. The Balaban J connectivity index is 2.17. The number of carbonyl (C=O) groups excluding carboxylic acids is 1. The third kappa shape index (κ3) is 2.47. The van der Waals surface area contributed by atoms with Crippen LogP contribution < -0.4 is 5.32 Å². The number of carbonyl (C=O) groups is 1. The van der Waals surface area contributed by atoms with E-state index in [9.17, 15) is 13.6 Å². The van der Waals surface area contributed by atoms with Crippen LogP contribution in [-0.4, -0.2) is 11.1 Å². The van der Waals surface area contributed by atoms with Gasteiger partial charge in [0.05, 0.1) is 0 Å². The molecule has 0 spiro atoms. The van der Waals surface area contributed by atoms with Gasteiger partial charge < -0.3 is 9.84 Å². The minimum absolute atomic E-state index is 0.00422. The molecule has 1 aromatic carbocycles. The molecule has 4 nitrogen and oxygen atoms in total. The van der Waals surface area contributed by atoms with E-state index in [4.69, 9.17) is 4.52 Å². The van der Waals surface area contributed by atoms with Crippen LogP contribution in [0.2, 0.25) is 0 Å². The molecule has 0 unspecified atom stereocenters. The summed E-state index contributed by atoms with van der Waals surface area (Å²) >= 11 is 0. The van der Waals surface area contributed by atoms with Crippen molar-refractivity contribution in [2.24, 2.45) is 0 Å². The number of aryl methyl sites for hydroxylation is 1. The van der Waals surface area contributed by atoms with E-state index < -0.39 is 17.5 Å². The summed E-state index contributed by atoms with van der Waals surface area (Å²) < 4.78 is 30.3. The molecule has 1 amide bonds. The SMILES string of the molecule is Cc1cc(NC(=O)c2ccc(F)c(F)c2)no1. The maximum Gasteiger partial charge on any atom is 0.257 e. The van der Waals surface area contributed by atoms with E-state index in [1.165, 1.54) is 12.1 Å². The second-order valence-corrected chi connectivity index (χ2v) is 3.41. The Kier molecular flexibility index (Phi) is 2.86. The van der Waals surface area contributed by atoms with Crippen LogP contribution in [0.5, 0.6) is 0 Å². The molecule has 0 aliphatic carbocycles. The van der Waals surface area contributed by atoms with E-state index in [0.29, 0.717) is 5.76 Å². The van der Waals surface area contributed by atoms with Crippen molar-refractivity contribution in [3.63, 3.8) is 0 Å². The summed E-state index contributed by atoms with van der Waals surface area (Å²) in [6.07, 6.45) is 0. The van der Waals surface area contributed by atoms with Crippen LogP contribution in [0.4, 0.5) is 14.6 Å². The van der Waals surface area contributed by atoms with Gasteiger partial charge in [0, 0.05) is 11.6 Å². The second kappa shape index (κ2) is 4.32. The first-order valence-electron chi connectivity index (χ1n) is 4.76. The number of benzene rings is 1. The monoisotopic (exact) mass is 238 g/mol. The van der Waals surface area contributed by atoms with Crippen molar-refractivity contribution in [2.75, 3.05) is 5.32 Å². The van der Waals surface area contributed by atoms with Crippen LogP contribution in [0.15, 0.2) is 28.8 Å². The third-order valence-electron chi connectivity index (χ3n) is 2.05. The number of hydrogen-bond acceptors (Lipinski definition) is 3. The van der Waals surface area contributed by atoms with E-state index in [-0.39, 0.29) is 11.4 Å². The Labute approximate surface area is 95.2 Å². The zero-order valence-corrected chi connectivity index (χ0v) is 8.83. The second-order valence-electron chi connectivity index (χ2n) is 3.41. The van der Waals surface area contributed by atoms with Gasteiger partial charge in [0.15, 0.2) is 17.5 Å². The standard InChI is InChI=1S/C11H8F2N2O2/c1-6-4-10(15-17-6)14-11(16)7-2-3-8(12)9(13)5-7/h2-5H,1H3,(H,14,15,16). The smallest absolute Gasteiger partial charge is 0.257 e.